The molecule has 3 aromatic rings. The Morgan fingerprint density at radius 3 is 2.69 bits per heavy atom. The van der Waals surface area contributed by atoms with Crippen molar-refractivity contribution < 1.29 is 19.1 Å². The highest BCUT2D eigenvalue weighted by molar-refractivity contribution is 6.05. The Morgan fingerprint density at radius 2 is 1.82 bits per heavy atom. The first-order valence-corrected chi connectivity index (χ1v) is 14.1. The molecular formula is C31H32N4O4. The highest BCUT2D eigenvalue weighted by Gasteiger charge is 2.41. The summed E-state index contributed by atoms with van der Waals surface area (Å²) in [7, 11) is 0. The molecule has 39 heavy (non-hydrogen) atoms. The van der Waals surface area contributed by atoms with Crippen LogP contribution < -0.4 is 10.1 Å². The van der Waals surface area contributed by atoms with Crippen molar-refractivity contribution >= 4 is 28.6 Å². The third-order valence-corrected chi connectivity index (χ3v) is 8.93. The number of rotatable bonds is 5. The van der Waals surface area contributed by atoms with E-state index in [0.29, 0.717) is 30.5 Å². The lowest BCUT2D eigenvalue weighted by Crippen LogP contribution is -2.57. The number of hydrogen-bond acceptors (Lipinski definition) is 6. The van der Waals surface area contributed by atoms with Crippen LogP contribution in [0, 0.1) is 0 Å². The molecule has 3 atom stereocenters. The van der Waals surface area contributed by atoms with E-state index in [2.05, 4.69) is 39.5 Å². The number of aromatic nitrogens is 1. The number of pyridine rings is 1. The molecule has 0 bridgehead atoms. The fourth-order valence-corrected chi connectivity index (χ4v) is 6.76. The monoisotopic (exact) mass is 524 g/mol. The second-order valence-electron chi connectivity index (χ2n) is 11.3. The fraction of sp³-hybridized carbons (Fsp3) is 0.419. The average Bonchev–Trinajstić information content (AvgIpc) is 3.24. The first kappa shape index (κ1) is 24.3. The van der Waals surface area contributed by atoms with E-state index in [1.165, 1.54) is 17.4 Å². The number of imide groups is 1. The molecule has 1 N–H and O–H groups in total. The van der Waals surface area contributed by atoms with Crippen LogP contribution in [0.5, 0.6) is 5.75 Å². The van der Waals surface area contributed by atoms with Crippen molar-refractivity contribution in [3.05, 3.63) is 71.4 Å². The topological polar surface area (TPSA) is 91.8 Å². The number of piperidine rings is 1. The highest BCUT2D eigenvalue weighted by Crippen LogP contribution is 2.37. The van der Waals surface area contributed by atoms with Crippen LogP contribution in [0.3, 0.4) is 0 Å². The zero-order chi connectivity index (χ0) is 26.5. The summed E-state index contributed by atoms with van der Waals surface area (Å²) in [5.41, 5.74) is 3.90. The molecule has 1 aliphatic carbocycles. The molecule has 1 aromatic heterocycles. The molecule has 4 aliphatic rings. The normalized spacial score (nSPS) is 25.9. The molecule has 8 nitrogen and oxygen atoms in total. The van der Waals surface area contributed by atoms with Gasteiger partial charge < -0.3 is 9.64 Å². The van der Waals surface area contributed by atoms with Gasteiger partial charge in [0.05, 0.1) is 5.52 Å². The summed E-state index contributed by atoms with van der Waals surface area (Å²) < 4.78 is 6.59. The Balaban J connectivity index is 1.02. The number of ether oxygens (including phenoxy) is 1. The van der Waals surface area contributed by atoms with Crippen molar-refractivity contribution in [2.24, 2.45) is 0 Å². The molecule has 0 radical (unpaired) electrons. The van der Waals surface area contributed by atoms with Gasteiger partial charge >= 0.3 is 0 Å². The van der Waals surface area contributed by atoms with Crippen LogP contribution in [-0.4, -0.2) is 63.8 Å². The van der Waals surface area contributed by atoms with Crippen molar-refractivity contribution in [1.29, 1.82) is 0 Å². The second kappa shape index (κ2) is 9.75. The number of amides is 3. The van der Waals surface area contributed by atoms with Crippen LogP contribution in [0.2, 0.25) is 0 Å². The molecule has 8 heteroatoms. The van der Waals surface area contributed by atoms with E-state index in [9.17, 15) is 14.4 Å². The summed E-state index contributed by atoms with van der Waals surface area (Å²) in [5, 5.41) is 3.54. The van der Waals surface area contributed by atoms with E-state index in [-0.39, 0.29) is 30.2 Å². The molecule has 0 spiro atoms. The summed E-state index contributed by atoms with van der Waals surface area (Å²) in [4.78, 5) is 45.6. The first-order chi connectivity index (χ1) is 19.0. The largest absolute Gasteiger partial charge is 0.489 e. The van der Waals surface area contributed by atoms with Gasteiger partial charge in [0.25, 0.3) is 5.91 Å². The summed E-state index contributed by atoms with van der Waals surface area (Å²) in [6.45, 7) is 2.42. The van der Waals surface area contributed by atoms with Crippen LogP contribution in [0.1, 0.15) is 65.9 Å². The molecule has 7 rings (SSSR count). The summed E-state index contributed by atoms with van der Waals surface area (Å²) in [6, 6.07) is 16.2. The predicted molar refractivity (Wildman–Crippen MR) is 145 cm³/mol. The minimum Gasteiger partial charge on any atom is -0.489 e. The zero-order valence-corrected chi connectivity index (χ0v) is 21.8. The van der Waals surface area contributed by atoms with Gasteiger partial charge in [-0.2, -0.15) is 0 Å². The highest BCUT2D eigenvalue weighted by atomic mass is 16.5. The number of hydrogen-bond donors (Lipinski definition) is 1. The molecule has 3 amide bonds. The molecule has 2 saturated heterocycles. The lowest BCUT2D eigenvalue weighted by molar-refractivity contribution is -0.136. The number of carbonyl (C=O) groups is 3. The van der Waals surface area contributed by atoms with Crippen molar-refractivity contribution in [2.75, 3.05) is 13.1 Å². The molecule has 1 saturated carbocycles. The maximum Gasteiger partial charge on any atom is 0.255 e. The fourth-order valence-electron chi connectivity index (χ4n) is 6.76. The molecule has 1 unspecified atom stereocenters. The second-order valence-corrected chi connectivity index (χ2v) is 11.3. The maximum atomic E-state index is 13.0. The number of fused-ring (bicyclic) bond motifs is 2. The van der Waals surface area contributed by atoms with Gasteiger partial charge in [-0.3, -0.25) is 29.6 Å². The van der Waals surface area contributed by atoms with Gasteiger partial charge in [0.15, 0.2) is 0 Å². The predicted octanol–water partition coefficient (Wildman–Crippen LogP) is 3.79. The first-order valence-electron chi connectivity index (χ1n) is 14.1. The molecule has 4 heterocycles. The lowest BCUT2D eigenvalue weighted by Gasteiger charge is -2.48. The van der Waals surface area contributed by atoms with Crippen molar-refractivity contribution in [1.82, 2.24) is 20.1 Å². The number of nitrogens with one attached hydrogen (secondary N) is 1. The Bertz CT molecular complexity index is 1470. The Hall–Kier alpha value is -3.78. The Kier molecular flexibility index (Phi) is 6.07. The van der Waals surface area contributed by atoms with Crippen molar-refractivity contribution in [3.63, 3.8) is 0 Å². The van der Waals surface area contributed by atoms with Crippen LogP contribution in [0.15, 0.2) is 54.7 Å². The molecular weight excluding hydrogens is 492 g/mol. The lowest BCUT2D eigenvalue weighted by atomic mass is 9.84. The number of benzene rings is 2. The van der Waals surface area contributed by atoms with Gasteiger partial charge in [-0.25, -0.2) is 0 Å². The molecule has 2 aromatic carbocycles. The van der Waals surface area contributed by atoms with Crippen LogP contribution in [0.4, 0.5) is 0 Å². The maximum absolute atomic E-state index is 13.0. The SMILES string of the molecule is O=C1CCC(N2Cc3cc(O[C@H]4CCCC[C@H]4N4CC(c5ccc6cccnc6c5)C4)ccc3C2=O)C(=O)N1. The summed E-state index contributed by atoms with van der Waals surface area (Å²) >= 11 is 0. The van der Waals surface area contributed by atoms with Crippen LogP contribution in [0.25, 0.3) is 10.9 Å². The third kappa shape index (κ3) is 4.46. The summed E-state index contributed by atoms with van der Waals surface area (Å²) in [6.07, 6.45) is 7.09. The number of carbonyl (C=O) groups excluding carboxylic acids is 3. The molecule has 200 valence electrons. The molecule has 3 aliphatic heterocycles. The Morgan fingerprint density at radius 1 is 0.949 bits per heavy atom. The van der Waals surface area contributed by atoms with Crippen molar-refractivity contribution in [3.8, 4) is 5.75 Å². The third-order valence-electron chi connectivity index (χ3n) is 8.93. The number of likely N-dealkylation sites (tertiary alicyclic amines) is 1. The van der Waals surface area contributed by atoms with E-state index in [1.807, 2.05) is 30.5 Å². The van der Waals surface area contributed by atoms with Gasteiger partial charge in [0.1, 0.15) is 17.9 Å². The van der Waals surface area contributed by atoms with E-state index in [0.717, 1.165) is 49.2 Å². The van der Waals surface area contributed by atoms with Gasteiger partial charge in [-0.05, 0) is 67.1 Å². The summed E-state index contributed by atoms with van der Waals surface area (Å²) in [5.74, 6) is 0.476. The van der Waals surface area contributed by atoms with Gasteiger partial charge in [-0.15, -0.1) is 0 Å². The minimum absolute atomic E-state index is 0.111. The smallest absolute Gasteiger partial charge is 0.255 e. The van der Waals surface area contributed by atoms with E-state index >= 15 is 0 Å². The van der Waals surface area contributed by atoms with Crippen LogP contribution in [-0.2, 0) is 16.1 Å². The van der Waals surface area contributed by atoms with Crippen LogP contribution >= 0.6 is 0 Å². The number of nitrogens with zero attached hydrogens (tertiary/aromatic N) is 3. The van der Waals surface area contributed by atoms with Gasteiger partial charge in [0.2, 0.25) is 11.8 Å². The van der Waals surface area contributed by atoms with E-state index < -0.39 is 6.04 Å². The standard InChI is InChI=1S/C31H32N4O4/c36-29-12-11-27(30(37)33-29)35-18-21-14-23(9-10-24(21)31(35)38)39-28-6-2-1-5-26(28)34-16-22(17-34)20-8-7-19-4-3-13-32-25(19)15-20/h3-4,7-10,13-15,22,26-28H,1-2,5-6,11-12,16-18H2,(H,33,36,37)/t26-,27?,28+/m1/s1. The molecule has 3 fully saturated rings. The van der Waals surface area contributed by atoms with E-state index in [1.54, 1.807) is 4.90 Å². The van der Waals surface area contributed by atoms with Crippen molar-refractivity contribution in [2.45, 2.75) is 69.2 Å². The quantitative estimate of drug-likeness (QED) is 0.511. The Labute approximate surface area is 227 Å². The van der Waals surface area contributed by atoms with Gasteiger partial charge in [0, 0.05) is 55.2 Å². The minimum atomic E-state index is -0.604. The van der Waals surface area contributed by atoms with Gasteiger partial charge in [-0.1, -0.05) is 24.6 Å². The van der Waals surface area contributed by atoms with E-state index in [4.69, 9.17) is 4.74 Å². The zero-order valence-electron chi connectivity index (χ0n) is 21.8. The average molecular weight is 525 g/mol.